The summed E-state index contributed by atoms with van der Waals surface area (Å²) in [6.07, 6.45) is 9.11. The second-order valence-corrected chi connectivity index (χ2v) is 10.1. The van der Waals surface area contributed by atoms with E-state index >= 15 is 0 Å². The third-order valence-corrected chi connectivity index (χ3v) is 7.69. The molecule has 3 aromatic rings. The van der Waals surface area contributed by atoms with E-state index in [1.807, 2.05) is 40.9 Å². The molecule has 6 heteroatoms. The molecule has 0 radical (unpaired) electrons. The molecular formula is C27H34N4O2. The van der Waals surface area contributed by atoms with E-state index in [2.05, 4.69) is 48.9 Å². The Morgan fingerprint density at radius 1 is 1.21 bits per heavy atom. The van der Waals surface area contributed by atoms with Gasteiger partial charge in [0.2, 0.25) is 5.91 Å². The molecule has 1 fully saturated rings. The fourth-order valence-corrected chi connectivity index (χ4v) is 5.76. The summed E-state index contributed by atoms with van der Waals surface area (Å²) in [5.74, 6) is -0.109. The SMILES string of the molecule is CC[C@@H](C)N1C(=O)c2c(-n3cccc3)c3cc(C)ccc3n2C[C@]1(C)C(=O)NC1CCCC1. The topological polar surface area (TPSA) is 59.3 Å². The molecule has 0 bridgehead atoms. The molecule has 2 amide bonds. The maximum atomic E-state index is 14.3. The standard InChI is InChI=1S/C27H34N4O2/c1-5-19(3)31-25(32)24-23(29-14-8-9-15-29)21-16-18(2)12-13-22(21)30(24)17-27(31,4)26(33)28-20-10-6-7-11-20/h8-9,12-16,19-20H,5-7,10-11,17H2,1-4H3,(H,28,33)/t19-,27-/m1/s1. The predicted octanol–water partition coefficient (Wildman–Crippen LogP) is 4.81. The fraction of sp³-hybridized carbons (Fsp3) is 0.481. The summed E-state index contributed by atoms with van der Waals surface area (Å²) in [5.41, 5.74) is 2.75. The summed E-state index contributed by atoms with van der Waals surface area (Å²) in [6, 6.07) is 10.4. The molecule has 3 heterocycles. The Bertz CT molecular complexity index is 1200. The van der Waals surface area contributed by atoms with Gasteiger partial charge in [-0.2, -0.15) is 0 Å². The first kappa shape index (κ1) is 21.8. The smallest absolute Gasteiger partial charge is 0.273 e. The van der Waals surface area contributed by atoms with Gasteiger partial charge in [0.15, 0.2) is 0 Å². The van der Waals surface area contributed by atoms with Crippen LogP contribution in [0.4, 0.5) is 0 Å². The molecule has 174 valence electrons. The van der Waals surface area contributed by atoms with Crippen molar-refractivity contribution in [3.8, 4) is 5.69 Å². The van der Waals surface area contributed by atoms with E-state index in [0.29, 0.717) is 12.2 Å². The van der Waals surface area contributed by atoms with Gasteiger partial charge in [0.25, 0.3) is 5.91 Å². The van der Waals surface area contributed by atoms with Crippen molar-refractivity contribution in [2.45, 2.75) is 84.0 Å². The molecule has 2 aromatic heterocycles. The summed E-state index contributed by atoms with van der Waals surface area (Å²) in [7, 11) is 0. The van der Waals surface area contributed by atoms with Crippen LogP contribution in [-0.2, 0) is 11.3 Å². The van der Waals surface area contributed by atoms with Gasteiger partial charge < -0.3 is 19.4 Å². The average Bonchev–Trinajstić information content (AvgIpc) is 3.54. The number of nitrogens with zero attached hydrogens (tertiary/aromatic N) is 3. The number of hydrogen-bond acceptors (Lipinski definition) is 2. The van der Waals surface area contributed by atoms with Crippen molar-refractivity contribution in [3.63, 3.8) is 0 Å². The number of carbonyl (C=O) groups is 2. The van der Waals surface area contributed by atoms with Crippen LogP contribution in [-0.4, -0.2) is 43.5 Å². The van der Waals surface area contributed by atoms with Gasteiger partial charge in [0, 0.05) is 29.9 Å². The number of benzene rings is 1. The molecule has 1 N–H and O–H groups in total. The van der Waals surface area contributed by atoms with Crippen molar-refractivity contribution in [2.75, 3.05) is 0 Å². The second kappa shape index (κ2) is 8.08. The lowest BCUT2D eigenvalue weighted by Gasteiger charge is -2.47. The Hall–Kier alpha value is -3.02. The zero-order valence-electron chi connectivity index (χ0n) is 20.1. The molecule has 1 saturated carbocycles. The van der Waals surface area contributed by atoms with Crippen molar-refractivity contribution >= 4 is 22.7 Å². The van der Waals surface area contributed by atoms with E-state index in [-0.39, 0.29) is 23.9 Å². The van der Waals surface area contributed by atoms with Crippen LogP contribution in [0, 0.1) is 6.92 Å². The highest BCUT2D eigenvalue weighted by Gasteiger charge is 2.50. The molecule has 6 nitrogen and oxygen atoms in total. The maximum absolute atomic E-state index is 14.3. The summed E-state index contributed by atoms with van der Waals surface area (Å²) >= 11 is 0. The Balaban J connectivity index is 1.70. The molecule has 1 aromatic carbocycles. The molecule has 33 heavy (non-hydrogen) atoms. The second-order valence-electron chi connectivity index (χ2n) is 10.1. The van der Waals surface area contributed by atoms with Crippen LogP contribution in [0.15, 0.2) is 42.7 Å². The van der Waals surface area contributed by atoms with Gasteiger partial charge in [-0.05, 0) is 64.3 Å². The van der Waals surface area contributed by atoms with Crippen molar-refractivity contribution in [1.82, 2.24) is 19.4 Å². The van der Waals surface area contributed by atoms with E-state index in [4.69, 9.17) is 0 Å². The van der Waals surface area contributed by atoms with E-state index in [0.717, 1.165) is 54.3 Å². The molecule has 1 aliphatic heterocycles. The minimum Gasteiger partial charge on any atom is -0.351 e. The highest BCUT2D eigenvalue weighted by atomic mass is 16.2. The lowest BCUT2D eigenvalue weighted by molar-refractivity contribution is -0.134. The Labute approximate surface area is 195 Å². The number of hydrogen-bond donors (Lipinski definition) is 1. The highest BCUT2D eigenvalue weighted by molar-refractivity contribution is 6.09. The van der Waals surface area contributed by atoms with Crippen LogP contribution < -0.4 is 5.32 Å². The van der Waals surface area contributed by atoms with Gasteiger partial charge in [-0.3, -0.25) is 9.59 Å². The zero-order valence-corrected chi connectivity index (χ0v) is 20.1. The van der Waals surface area contributed by atoms with Gasteiger partial charge in [-0.1, -0.05) is 31.4 Å². The van der Waals surface area contributed by atoms with Gasteiger partial charge in [0.1, 0.15) is 11.2 Å². The Morgan fingerprint density at radius 3 is 2.58 bits per heavy atom. The Morgan fingerprint density at radius 2 is 1.91 bits per heavy atom. The molecule has 2 atom stereocenters. The third kappa shape index (κ3) is 3.38. The maximum Gasteiger partial charge on any atom is 0.273 e. The largest absolute Gasteiger partial charge is 0.351 e. The first-order valence-electron chi connectivity index (χ1n) is 12.3. The first-order chi connectivity index (χ1) is 15.8. The lowest BCUT2D eigenvalue weighted by Crippen LogP contribution is -2.66. The molecule has 1 aliphatic carbocycles. The zero-order chi connectivity index (χ0) is 23.3. The molecule has 0 saturated heterocycles. The summed E-state index contributed by atoms with van der Waals surface area (Å²) < 4.78 is 4.11. The number of nitrogens with one attached hydrogen (secondary N) is 1. The van der Waals surface area contributed by atoms with Gasteiger partial charge in [0.05, 0.1) is 17.7 Å². The number of rotatable bonds is 5. The van der Waals surface area contributed by atoms with Crippen molar-refractivity contribution in [3.05, 3.63) is 54.0 Å². The minimum absolute atomic E-state index is 0.0369. The molecule has 5 rings (SSSR count). The normalized spacial score (nSPS) is 22.1. The van der Waals surface area contributed by atoms with Crippen LogP contribution in [0.2, 0.25) is 0 Å². The van der Waals surface area contributed by atoms with E-state index in [1.54, 1.807) is 0 Å². The summed E-state index contributed by atoms with van der Waals surface area (Å²) in [4.78, 5) is 29.9. The number of carbonyl (C=O) groups excluding carboxylic acids is 2. The average molecular weight is 447 g/mol. The van der Waals surface area contributed by atoms with Crippen LogP contribution in [0.25, 0.3) is 16.6 Å². The molecule has 0 spiro atoms. The van der Waals surface area contributed by atoms with Crippen LogP contribution >= 0.6 is 0 Å². The summed E-state index contributed by atoms with van der Waals surface area (Å²) in [5, 5.41) is 4.33. The fourth-order valence-electron chi connectivity index (χ4n) is 5.76. The molecular weight excluding hydrogens is 412 g/mol. The quantitative estimate of drug-likeness (QED) is 0.611. The highest BCUT2D eigenvalue weighted by Crippen LogP contribution is 2.39. The monoisotopic (exact) mass is 446 g/mol. The van der Waals surface area contributed by atoms with E-state index in [1.165, 1.54) is 0 Å². The number of fused-ring (bicyclic) bond motifs is 3. The van der Waals surface area contributed by atoms with Gasteiger partial charge >= 0.3 is 0 Å². The van der Waals surface area contributed by atoms with Crippen molar-refractivity contribution in [2.24, 2.45) is 0 Å². The predicted molar refractivity (Wildman–Crippen MR) is 131 cm³/mol. The van der Waals surface area contributed by atoms with Gasteiger partial charge in [-0.15, -0.1) is 0 Å². The third-order valence-electron chi connectivity index (χ3n) is 7.69. The van der Waals surface area contributed by atoms with E-state index < -0.39 is 5.54 Å². The molecule has 2 aliphatic rings. The van der Waals surface area contributed by atoms with Crippen LogP contribution in [0.5, 0.6) is 0 Å². The number of amides is 2. The lowest BCUT2D eigenvalue weighted by atomic mass is 9.91. The van der Waals surface area contributed by atoms with Crippen LogP contribution in [0.3, 0.4) is 0 Å². The van der Waals surface area contributed by atoms with E-state index in [9.17, 15) is 9.59 Å². The first-order valence-corrected chi connectivity index (χ1v) is 12.3. The van der Waals surface area contributed by atoms with Crippen molar-refractivity contribution < 1.29 is 9.59 Å². The molecule has 0 unspecified atom stereocenters. The van der Waals surface area contributed by atoms with Crippen LogP contribution in [0.1, 0.15) is 68.9 Å². The Kier molecular flexibility index (Phi) is 5.34. The minimum atomic E-state index is -0.951. The number of aryl methyl sites for hydroxylation is 1. The van der Waals surface area contributed by atoms with Gasteiger partial charge in [-0.25, -0.2) is 0 Å². The number of aromatic nitrogens is 2. The summed E-state index contributed by atoms with van der Waals surface area (Å²) in [6.45, 7) is 8.59. The van der Waals surface area contributed by atoms with Crippen molar-refractivity contribution in [1.29, 1.82) is 0 Å².